The highest BCUT2D eigenvalue weighted by Gasteiger charge is 2.13. The van der Waals surface area contributed by atoms with Crippen molar-refractivity contribution in [3.63, 3.8) is 0 Å². The first-order valence-electron chi connectivity index (χ1n) is 8.55. The van der Waals surface area contributed by atoms with E-state index in [2.05, 4.69) is 0 Å². The Morgan fingerprint density at radius 2 is 1.57 bits per heavy atom. The fourth-order valence-electron chi connectivity index (χ4n) is 2.71. The van der Waals surface area contributed by atoms with E-state index in [9.17, 15) is 18.9 Å². The van der Waals surface area contributed by atoms with Crippen molar-refractivity contribution in [2.75, 3.05) is 0 Å². The van der Waals surface area contributed by atoms with Gasteiger partial charge in [0, 0.05) is 6.07 Å². The molecule has 4 nitrogen and oxygen atoms in total. The average molecular weight is 397 g/mol. The number of para-hydroxylation sites is 1. The zero-order valence-electron chi connectivity index (χ0n) is 14.8. The molecule has 0 atom stereocenters. The SMILES string of the molecule is O=[N+]([O-])c1ccccc1CO[SiH2]C(=Cc1ccc(F)cc1)c1ccc(F)cc1. The van der Waals surface area contributed by atoms with E-state index in [4.69, 9.17) is 4.43 Å². The predicted octanol–water partition coefficient (Wildman–Crippen LogP) is 4.67. The number of halogens is 2. The highest BCUT2D eigenvalue weighted by Crippen LogP contribution is 2.21. The van der Waals surface area contributed by atoms with E-state index in [0.717, 1.165) is 16.3 Å². The molecule has 0 aliphatic heterocycles. The summed E-state index contributed by atoms with van der Waals surface area (Å²) in [5.74, 6) is -0.669. The normalized spacial score (nSPS) is 11.9. The van der Waals surface area contributed by atoms with Crippen molar-refractivity contribution < 1.29 is 18.1 Å². The molecule has 0 amide bonds. The molecule has 0 saturated heterocycles. The van der Waals surface area contributed by atoms with Gasteiger partial charge in [-0.3, -0.25) is 10.1 Å². The summed E-state index contributed by atoms with van der Waals surface area (Å²) in [7, 11) is -1.30. The largest absolute Gasteiger partial charge is 0.414 e. The molecule has 7 heteroatoms. The fraction of sp³-hybridized carbons (Fsp3) is 0.0476. The molecular formula is C21H17F2NO3Si. The van der Waals surface area contributed by atoms with E-state index >= 15 is 0 Å². The van der Waals surface area contributed by atoms with Gasteiger partial charge in [0.05, 0.1) is 17.1 Å². The van der Waals surface area contributed by atoms with Gasteiger partial charge >= 0.3 is 0 Å². The summed E-state index contributed by atoms with van der Waals surface area (Å²) in [5, 5.41) is 12.0. The van der Waals surface area contributed by atoms with Gasteiger partial charge in [0.15, 0.2) is 9.76 Å². The van der Waals surface area contributed by atoms with Crippen LogP contribution in [-0.4, -0.2) is 14.7 Å². The first-order chi connectivity index (χ1) is 13.5. The minimum absolute atomic E-state index is 0.0161. The van der Waals surface area contributed by atoms with Gasteiger partial charge in [-0.05, 0) is 46.7 Å². The monoisotopic (exact) mass is 397 g/mol. The third-order valence-electron chi connectivity index (χ3n) is 4.13. The number of benzene rings is 3. The van der Waals surface area contributed by atoms with Crippen LogP contribution in [0.15, 0.2) is 72.8 Å². The van der Waals surface area contributed by atoms with Crippen molar-refractivity contribution in [1.82, 2.24) is 0 Å². The maximum atomic E-state index is 13.3. The Labute approximate surface area is 163 Å². The van der Waals surface area contributed by atoms with Gasteiger partial charge in [-0.15, -0.1) is 0 Å². The minimum Gasteiger partial charge on any atom is -0.414 e. The topological polar surface area (TPSA) is 52.4 Å². The lowest BCUT2D eigenvalue weighted by molar-refractivity contribution is -0.385. The van der Waals surface area contributed by atoms with Crippen molar-refractivity contribution in [1.29, 1.82) is 0 Å². The number of rotatable bonds is 7. The summed E-state index contributed by atoms with van der Waals surface area (Å²) in [6.45, 7) is 0.116. The first kappa shape index (κ1) is 19.6. The van der Waals surface area contributed by atoms with E-state index in [-0.39, 0.29) is 23.9 Å². The Hall–Kier alpha value is -3.16. The Morgan fingerprint density at radius 1 is 0.964 bits per heavy atom. The molecule has 0 fully saturated rings. The van der Waals surface area contributed by atoms with Crippen molar-refractivity contribution in [2.24, 2.45) is 0 Å². The van der Waals surface area contributed by atoms with Crippen LogP contribution in [-0.2, 0) is 11.0 Å². The Morgan fingerprint density at radius 3 is 2.21 bits per heavy atom. The second-order valence-corrected chi connectivity index (χ2v) is 7.57. The number of hydrogen-bond acceptors (Lipinski definition) is 3. The molecule has 0 spiro atoms. The van der Waals surface area contributed by atoms with Crippen molar-refractivity contribution >= 4 is 26.7 Å². The van der Waals surface area contributed by atoms with Crippen LogP contribution in [0, 0.1) is 21.7 Å². The van der Waals surface area contributed by atoms with E-state index in [1.807, 2.05) is 6.08 Å². The number of nitro groups is 1. The smallest absolute Gasteiger partial charge is 0.274 e. The summed E-state index contributed by atoms with van der Waals surface area (Å²) < 4.78 is 32.3. The summed E-state index contributed by atoms with van der Waals surface area (Å²) >= 11 is 0. The zero-order chi connectivity index (χ0) is 19.9. The minimum atomic E-state index is -1.30. The van der Waals surface area contributed by atoms with E-state index < -0.39 is 14.7 Å². The van der Waals surface area contributed by atoms with Gasteiger partial charge in [0.25, 0.3) is 5.69 Å². The fourth-order valence-corrected chi connectivity index (χ4v) is 3.98. The van der Waals surface area contributed by atoms with Gasteiger partial charge in [-0.1, -0.05) is 42.5 Å². The Bertz CT molecular complexity index is 989. The van der Waals surface area contributed by atoms with Crippen LogP contribution in [0.4, 0.5) is 14.5 Å². The van der Waals surface area contributed by atoms with Gasteiger partial charge in [-0.25, -0.2) is 8.78 Å². The molecule has 142 valence electrons. The van der Waals surface area contributed by atoms with Crippen molar-refractivity contribution in [3.8, 4) is 0 Å². The molecule has 0 aliphatic rings. The summed E-state index contributed by atoms with van der Waals surface area (Å²) in [5.41, 5.74) is 2.12. The molecule has 3 aromatic carbocycles. The molecule has 0 unspecified atom stereocenters. The molecule has 0 radical (unpaired) electrons. The maximum Gasteiger partial charge on any atom is 0.274 e. The van der Waals surface area contributed by atoms with Crippen LogP contribution in [0.3, 0.4) is 0 Å². The molecule has 0 aromatic heterocycles. The highest BCUT2D eigenvalue weighted by atomic mass is 28.2. The lowest BCUT2D eigenvalue weighted by Crippen LogP contribution is -2.05. The van der Waals surface area contributed by atoms with Gasteiger partial charge in [0.1, 0.15) is 11.6 Å². The second-order valence-electron chi connectivity index (χ2n) is 6.11. The van der Waals surface area contributed by atoms with Gasteiger partial charge in [-0.2, -0.15) is 0 Å². The molecule has 0 heterocycles. The molecule has 3 rings (SSSR count). The zero-order valence-corrected chi connectivity index (χ0v) is 16.3. The maximum absolute atomic E-state index is 13.3. The standard InChI is InChI=1S/C21H17F2NO3Si/c22-18-9-5-15(6-10-18)13-21(16-7-11-19(23)12-8-16)28-27-14-17-3-1-2-4-20(17)24(25)26/h1-13H,14,28H2. The van der Waals surface area contributed by atoms with Crippen molar-refractivity contribution in [2.45, 2.75) is 6.61 Å². The molecule has 0 bridgehead atoms. The number of nitrogens with zero attached hydrogens (tertiary/aromatic N) is 1. The van der Waals surface area contributed by atoms with Crippen LogP contribution in [0.1, 0.15) is 16.7 Å². The van der Waals surface area contributed by atoms with Crippen LogP contribution >= 0.6 is 0 Å². The quantitative estimate of drug-likeness (QED) is 0.252. The van der Waals surface area contributed by atoms with E-state index in [1.54, 1.807) is 42.5 Å². The Balaban J connectivity index is 1.81. The number of hydrogen-bond donors (Lipinski definition) is 0. The summed E-state index contributed by atoms with van der Waals surface area (Å²) in [6.07, 6.45) is 1.87. The molecule has 0 N–H and O–H groups in total. The first-order valence-corrected chi connectivity index (χ1v) is 9.83. The lowest BCUT2D eigenvalue weighted by atomic mass is 10.1. The molecule has 0 saturated carbocycles. The predicted molar refractivity (Wildman–Crippen MR) is 107 cm³/mol. The summed E-state index contributed by atoms with van der Waals surface area (Å²) in [4.78, 5) is 10.7. The van der Waals surface area contributed by atoms with E-state index in [1.165, 1.54) is 30.3 Å². The van der Waals surface area contributed by atoms with Gasteiger partial charge in [0.2, 0.25) is 0 Å². The van der Waals surface area contributed by atoms with Crippen LogP contribution in [0.5, 0.6) is 0 Å². The third-order valence-corrected chi connectivity index (χ3v) is 5.46. The van der Waals surface area contributed by atoms with Gasteiger partial charge < -0.3 is 4.43 Å². The third kappa shape index (κ3) is 5.18. The van der Waals surface area contributed by atoms with E-state index in [0.29, 0.717) is 5.56 Å². The molecule has 3 aromatic rings. The number of nitro benzene ring substituents is 1. The van der Waals surface area contributed by atoms with Crippen LogP contribution in [0.2, 0.25) is 0 Å². The van der Waals surface area contributed by atoms with Crippen LogP contribution in [0.25, 0.3) is 11.3 Å². The van der Waals surface area contributed by atoms with Crippen LogP contribution < -0.4 is 0 Å². The Kier molecular flexibility index (Phi) is 6.41. The second kappa shape index (κ2) is 9.16. The average Bonchev–Trinajstić information content (AvgIpc) is 2.70. The molecular weight excluding hydrogens is 380 g/mol. The molecule has 28 heavy (non-hydrogen) atoms. The molecule has 0 aliphatic carbocycles. The van der Waals surface area contributed by atoms with Crippen molar-refractivity contribution in [3.05, 3.63) is 111 Å². The highest BCUT2D eigenvalue weighted by molar-refractivity contribution is 6.57. The summed E-state index contributed by atoms with van der Waals surface area (Å²) in [6, 6.07) is 18.5. The lowest BCUT2D eigenvalue weighted by Gasteiger charge is -2.10.